The van der Waals surface area contributed by atoms with E-state index in [4.69, 9.17) is 4.74 Å². The molecule has 16 heavy (non-hydrogen) atoms. The summed E-state index contributed by atoms with van der Waals surface area (Å²) in [4.78, 5) is 4.30. The van der Waals surface area contributed by atoms with Crippen molar-refractivity contribution >= 4 is 0 Å². The van der Waals surface area contributed by atoms with E-state index in [1.165, 1.54) is 39.2 Å². The first kappa shape index (κ1) is 11.2. The smallest absolute Gasteiger partial charge is 0.501 e. The molecule has 4 nitrogen and oxygen atoms in total. The molecule has 0 bridgehead atoms. The molecule has 0 spiro atoms. The summed E-state index contributed by atoms with van der Waals surface area (Å²) in [5.74, 6) is 0.502. The molecule has 2 rings (SSSR count). The summed E-state index contributed by atoms with van der Waals surface area (Å²) in [6.07, 6.45) is 6.21. The van der Waals surface area contributed by atoms with Crippen molar-refractivity contribution in [2.75, 3.05) is 7.11 Å². The highest BCUT2D eigenvalue weighted by Crippen LogP contribution is 2.31. The molecule has 4 heteroatoms. The summed E-state index contributed by atoms with van der Waals surface area (Å²) >= 11 is 0. The summed E-state index contributed by atoms with van der Waals surface area (Å²) in [6, 6.07) is 2.06. The molecular formula is C12H18N2O2. The molecule has 0 aromatic carbocycles. The molecule has 0 amide bonds. The molecule has 0 saturated heterocycles. The van der Waals surface area contributed by atoms with Crippen LogP contribution in [0, 0.1) is 12.1 Å². The van der Waals surface area contributed by atoms with E-state index >= 15 is 0 Å². The van der Waals surface area contributed by atoms with Gasteiger partial charge < -0.3 is 9.94 Å². The maximum absolute atomic E-state index is 11.6. The molecule has 1 heterocycles. The van der Waals surface area contributed by atoms with Gasteiger partial charge in [0.25, 0.3) is 0 Å². The third kappa shape index (κ3) is 2.10. The minimum Gasteiger partial charge on any atom is -0.708 e. The van der Waals surface area contributed by atoms with Crippen molar-refractivity contribution in [3.8, 4) is 6.01 Å². The third-order valence-corrected chi connectivity index (χ3v) is 3.28. The molecule has 0 aliphatic heterocycles. The van der Waals surface area contributed by atoms with Crippen LogP contribution < -0.4 is 9.47 Å². The lowest BCUT2D eigenvalue weighted by Crippen LogP contribution is -2.34. The Morgan fingerprint density at radius 2 is 2.06 bits per heavy atom. The van der Waals surface area contributed by atoms with E-state index in [0.29, 0.717) is 11.6 Å². The molecule has 0 atom stereocenters. The van der Waals surface area contributed by atoms with Gasteiger partial charge in [-0.05, 0) is 24.7 Å². The topological polar surface area (TPSA) is 49.1 Å². The van der Waals surface area contributed by atoms with Gasteiger partial charge in [-0.2, -0.15) is 4.73 Å². The van der Waals surface area contributed by atoms with Gasteiger partial charge in [-0.15, -0.1) is 0 Å². The van der Waals surface area contributed by atoms with E-state index < -0.39 is 0 Å². The fourth-order valence-corrected chi connectivity index (χ4v) is 2.35. The zero-order valence-electron chi connectivity index (χ0n) is 9.90. The number of rotatable bonds is 2. The Morgan fingerprint density at radius 1 is 1.38 bits per heavy atom. The Kier molecular flexibility index (Phi) is 3.27. The van der Waals surface area contributed by atoms with Crippen molar-refractivity contribution in [3.63, 3.8) is 0 Å². The molecule has 0 N–H and O–H groups in total. The number of hydrogen-bond donors (Lipinski definition) is 0. The Labute approximate surface area is 95.9 Å². The Balaban J connectivity index is 2.29. The van der Waals surface area contributed by atoms with Gasteiger partial charge in [0.1, 0.15) is 5.69 Å². The predicted octanol–water partition coefficient (Wildman–Crippen LogP) is 2.08. The summed E-state index contributed by atoms with van der Waals surface area (Å²) in [7, 11) is 1.49. The Hall–Kier alpha value is -1.32. The Morgan fingerprint density at radius 3 is 2.69 bits per heavy atom. The van der Waals surface area contributed by atoms with E-state index in [1.807, 2.05) is 6.07 Å². The van der Waals surface area contributed by atoms with Crippen LogP contribution >= 0.6 is 0 Å². The van der Waals surface area contributed by atoms with Crippen molar-refractivity contribution < 1.29 is 9.47 Å². The highest BCUT2D eigenvalue weighted by molar-refractivity contribution is 5.12. The summed E-state index contributed by atoms with van der Waals surface area (Å²) in [5, 5.41) is 11.6. The first-order valence-electron chi connectivity index (χ1n) is 5.87. The van der Waals surface area contributed by atoms with Crippen LogP contribution in [-0.2, 0) is 0 Å². The number of hydrogen-bond acceptors (Lipinski definition) is 3. The first-order valence-corrected chi connectivity index (χ1v) is 5.87. The molecule has 1 fully saturated rings. The number of nitrogens with zero attached hydrogens (tertiary/aromatic N) is 2. The minimum atomic E-state index is 0.167. The monoisotopic (exact) mass is 222 g/mol. The second kappa shape index (κ2) is 4.68. The molecule has 1 saturated carbocycles. The van der Waals surface area contributed by atoms with E-state index in [9.17, 15) is 5.21 Å². The quantitative estimate of drug-likeness (QED) is 0.568. The predicted molar refractivity (Wildman–Crippen MR) is 60.3 cm³/mol. The Bertz CT molecular complexity index is 374. The van der Waals surface area contributed by atoms with Crippen molar-refractivity contribution in [2.45, 2.75) is 44.9 Å². The average molecular weight is 222 g/mol. The highest BCUT2D eigenvalue weighted by Gasteiger charge is 2.24. The van der Waals surface area contributed by atoms with Crippen LogP contribution in [0.4, 0.5) is 0 Å². The summed E-state index contributed by atoms with van der Waals surface area (Å²) < 4.78 is 5.74. The second-order valence-corrected chi connectivity index (χ2v) is 4.44. The van der Waals surface area contributed by atoms with Crippen molar-refractivity contribution in [2.24, 2.45) is 0 Å². The molecule has 88 valence electrons. The van der Waals surface area contributed by atoms with Crippen LogP contribution in [-0.4, -0.2) is 12.1 Å². The molecule has 0 radical (unpaired) electrons. The SMILES string of the molecule is COc1nc(C2CCCCC2)cc(C)[n+]1[O-]. The number of methoxy groups -OCH3 is 1. The van der Waals surface area contributed by atoms with Gasteiger partial charge in [0.15, 0.2) is 5.69 Å². The second-order valence-electron chi connectivity index (χ2n) is 4.44. The first-order chi connectivity index (χ1) is 7.72. The van der Waals surface area contributed by atoms with E-state index in [0.717, 1.165) is 10.4 Å². The zero-order chi connectivity index (χ0) is 11.5. The number of ether oxygens (including phenoxy) is 1. The average Bonchev–Trinajstić information content (AvgIpc) is 2.33. The lowest BCUT2D eigenvalue weighted by atomic mass is 9.87. The van der Waals surface area contributed by atoms with Crippen LogP contribution in [0.3, 0.4) is 0 Å². The van der Waals surface area contributed by atoms with Gasteiger partial charge >= 0.3 is 6.01 Å². The highest BCUT2D eigenvalue weighted by atomic mass is 16.5. The molecule has 1 aliphatic carbocycles. The van der Waals surface area contributed by atoms with Gasteiger partial charge in [-0.1, -0.05) is 19.3 Å². The molecule has 1 aliphatic rings. The number of aryl methyl sites for hydroxylation is 1. The fraction of sp³-hybridized carbons (Fsp3) is 0.667. The van der Waals surface area contributed by atoms with Crippen molar-refractivity contribution in [1.82, 2.24) is 4.98 Å². The van der Waals surface area contributed by atoms with E-state index in [1.54, 1.807) is 6.92 Å². The van der Waals surface area contributed by atoms with Crippen LogP contribution in [0.25, 0.3) is 0 Å². The molecule has 1 aromatic heterocycles. The van der Waals surface area contributed by atoms with Crippen LogP contribution in [0.15, 0.2) is 6.07 Å². The van der Waals surface area contributed by atoms with Crippen molar-refractivity contribution in [3.05, 3.63) is 22.7 Å². The molecule has 0 unspecified atom stereocenters. The van der Waals surface area contributed by atoms with Crippen molar-refractivity contribution in [1.29, 1.82) is 0 Å². The third-order valence-electron chi connectivity index (χ3n) is 3.28. The summed E-state index contributed by atoms with van der Waals surface area (Å²) in [5.41, 5.74) is 1.67. The van der Waals surface area contributed by atoms with E-state index in [2.05, 4.69) is 4.98 Å². The maximum atomic E-state index is 11.6. The standard InChI is InChI=1S/C12H18N2O2/c1-9-8-11(10-6-4-3-5-7-10)13-12(16-2)14(9)15/h8,10H,3-7H2,1-2H3. The van der Waals surface area contributed by atoms with Gasteiger partial charge in [0, 0.05) is 12.0 Å². The minimum absolute atomic E-state index is 0.167. The van der Waals surface area contributed by atoms with E-state index in [-0.39, 0.29) is 6.01 Å². The normalized spacial score (nSPS) is 17.4. The zero-order valence-corrected chi connectivity index (χ0v) is 9.90. The largest absolute Gasteiger partial charge is 0.708 e. The maximum Gasteiger partial charge on any atom is 0.501 e. The molecule has 1 aromatic rings. The van der Waals surface area contributed by atoms with Gasteiger partial charge in [-0.25, -0.2) is 0 Å². The molecular weight excluding hydrogens is 204 g/mol. The van der Waals surface area contributed by atoms with Gasteiger partial charge in [0.2, 0.25) is 0 Å². The fourth-order valence-electron chi connectivity index (χ4n) is 2.35. The summed E-state index contributed by atoms with van der Waals surface area (Å²) in [6.45, 7) is 1.80. The number of aromatic nitrogens is 2. The van der Waals surface area contributed by atoms with Gasteiger partial charge in [0.05, 0.1) is 7.11 Å². The van der Waals surface area contributed by atoms with Crippen LogP contribution in [0.2, 0.25) is 0 Å². The van der Waals surface area contributed by atoms with Crippen LogP contribution in [0.1, 0.15) is 49.4 Å². The van der Waals surface area contributed by atoms with Gasteiger partial charge in [-0.3, -0.25) is 0 Å². The lowest BCUT2D eigenvalue weighted by Gasteiger charge is -2.19. The van der Waals surface area contributed by atoms with Crippen LogP contribution in [0.5, 0.6) is 6.01 Å². The lowest BCUT2D eigenvalue weighted by molar-refractivity contribution is -0.622.